The van der Waals surface area contributed by atoms with Crippen molar-refractivity contribution in [3.8, 4) is 0 Å². The first-order chi connectivity index (χ1) is 9.13. The molecule has 0 saturated heterocycles. The van der Waals surface area contributed by atoms with Crippen molar-refractivity contribution in [1.29, 1.82) is 0 Å². The van der Waals surface area contributed by atoms with Crippen LogP contribution in [0.4, 0.5) is 0 Å². The Balaban J connectivity index is 2.15. The minimum atomic E-state index is -0.244. The highest BCUT2D eigenvalue weighted by Gasteiger charge is 2.18. The van der Waals surface area contributed by atoms with Crippen molar-refractivity contribution < 1.29 is 4.79 Å². The molecule has 2 unspecified atom stereocenters. The van der Waals surface area contributed by atoms with Gasteiger partial charge in [0.2, 0.25) is 5.91 Å². The fourth-order valence-corrected chi connectivity index (χ4v) is 2.28. The Bertz CT molecular complexity index is 561. The zero-order chi connectivity index (χ0) is 13.8. The van der Waals surface area contributed by atoms with Gasteiger partial charge in [0, 0.05) is 6.04 Å². The topological polar surface area (TPSA) is 46.9 Å². The molecule has 0 fully saturated rings. The Morgan fingerprint density at radius 2 is 2.11 bits per heavy atom. The number of fused-ring (bicyclic) bond motifs is 1. The van der Waals surface area contributed by atoms with Gasteiger partial charge >= 0.3 is 0 Å². The standard InChI is InChI=1S/C15H21N3O/c1-4-7-11(2)17-15(19)12(3)18-10-16-13-8-5-6-9-14(13)18/h5-6,8-12H,4,7H2,1-3H3,(H,17,19). The predicted molar refractivity (Wildman–Crippen MR) is 77.0 cm³/mol. The first kappa shape index (κ1) is 13.6. The van der Waals surface area contributed by atoms with Crippen molar-refractivity contribution >= 4 is 16.9 Å². The van der Waals surface area contributed by atoms with E-state index in [1.807, 2.05) is 42.7 Å². The molecule has 4 nitrogen and oxygen atoms in total. The van der Waals surface area contributed by atoms with E-state index in [4.69, 9.17) is 0 Å². The Hall–Kier alpha value is -1.84. The summed E-state index contributed by atoms with van der Waals surface area (Å²) >= 11 is 0. The van der Waals surface area contributed by atoms with E-state index in [2.05, 4.69) is 17.2 Å². The number of para-hydroxylation sites is 2. The number of amides is 1. The van der Waals surface area contributed by atoms with Crippen molar-refractivity contribution in [1.82, 2.24) is 14.9 Å². The minimum Gasteiger partial charge on any atom is -0.352 e. The van der Waals surface area contributed by atoms with Gasteiger partial charge in [-0.3, -0.25) is 4.79 Å². The number of rotatable bonds is 5. The number of hydrogen-bond donors (Lipinski definition) is 1. The average Bonchev–Trinajstić information content (AvgIpc) is 2.81. The highest BCUT2D eigenvalue weighted by molar-refractivity contribution is 5.83. The van der Waals surface area contributed by atoms with Crippen molar-refractivity contribution in [2.45, 2.75) is 45.7 Å². The number of nitrogens with zero attached hydrogens (tertiary/aromatic N) is 2. The lowest BCUT2D eigenvalue weighted by Crippen LogP contribution is -2.37. The van der Waals surface area contributed by atoms with Crippen molar-refractivity contribution in [2.75, 3.05) is 0 Å². The van der Waals surface area contributed by atoms with E-state index in [-0.39, 0.29) is 18.0 Å². The Kier molecular flexibility index (Phi) is 4.20. The molecule has 0 aliphatic rings. The summed E-state index contributed by atoms with van der Waals surface area (Å²) in [7, 11) is 0. The maximum atomic E-state index is 12.2. The molecule has 102 valence electrons. The molecule has 0 aliphatic heterocycles. The maximum Gasteiger partial charge on any atom is 0.243 e. The summed E-state index contributed by atoms with van der Waals surface area (Å²) in [4.78, 5) is 16.5. The molecule has 1 N–H and O–H groups in total. The molecular formula is C15H21N3O. The van der Waals surface area contributed by atoms with Crippen LogP contribution in [0.25, 0.3) is 11.0 Å². The van der Waals surface area contributed by atoms with Crippen LogP contribution in [-0.2, 0) is 4.79 Å². The van der Waals surface area contributed by atoms with Crippen LogP contribution in [0.5, 0.6) is 0 Å². The van der Waals surface area contributed by atoms with Crippen LogP contribution in [0.3, 0.4) is 0 Å². The van der Waals surface area contributed by atoms with Gasteiger partial charge in [-0.25, -0.2) is 4.98 Å². The molecule has 0 aliphatic carbocycles. The minimum absolute atomic E-state index is 0.0455. The predicted octanol–water partition coefficient (Wildman–Crippen LogP) is 2.90. The zero-order valence-electron chi connectivity index (χ0n) is 11.8. The summed E-state index contributed by atoms with van der Waals surface area (Å²) < 4.78 is 1.92. The van der Waals surface area contributed by atoms with E-state index >= 15 is 0 Å². The van der Waals surface area contributed by atoms with Crippen LogP contribution in [0.2, 0.25) is 0 Å². The third-order valence-electron chi connectivity index (χ3n) is 3.39. The molecule has 2 aromatic rings. The van der Waals surface area contributed by atoms with E-state index < -0.39 is 0 Å². The average molecular weight is 259 g/mol. The van der Waals surface area contributed by atoms with E-state index in [1.165, 1.54) is 0 Å². The number of hydrogen-bond acceptors (Lipinski definition) is 2. The smallest absolute Gasteiger partial charge is 0.243 e. The SMILES string of the molecule is CCCC(C)NC(=O)C(C)n1cnc2ccccc21. The second-order valence-electron chi connectivity index (χ2n) is 5.01. The number of carbonyl (C=O) groups is 1. The molecule has 19 heavy (non-hydrogen) atoms. The molecule has 1 aromatic carbocycles. The van der Waals surface area contributed by atoms with Gasteiger partial charge in [0.1, 0.15) is 6.04 Å². The molecule has 2 atom stereocenters. The van der Waals surface area contributed by atoms with Crippen molar-refractivity contribution in [2.24, 2.45) is 0 Å². The molecular weight excluding hydrogens is 238 g/mol. The maximum absolute atomic E-state index is 12.2. The van der Waals surface area contributed by atoms with Gasteiger partial charge in [-0.2, -0.15) is 0 Å². The van der Waals surface area contributed by atoms with Gasteiger partial charge in [0.05, 0.1) is 17.4 Å². The van der Waals surface area contributed by atoms with Crippen molar-refractivity contribution in [3.05, 3.63) is 30.6 Å². The normalized spacial score (nSPS) is 14.3. The molecule has 0 radical (unpaired) electrons. The molecule has 0 bridgehead atoms. The van der Waals surface area contributed by atoms with E-state index in [9.17, 15) is 4.79 Å². The molecule has 4 heteroatoms. The lowest BCUT2D eigenvalue weighted by atomic mass is 10.2. The first-order valence-corrected chi connectivity index (χ1v) is 6.85. The first-order valence-electron chi connectivity index (χ1n) is 6.85. The number of imidazole rings is 1. The fraction of sp³-hybridized carbons (Fsp3) is 0.467. The summed E-state index contributed by atoms with van der Waals surface area (Å²) in [5.74, 6) is 0.0455. The molecule has 0 saturated carbocycles. The summed E-state index contributed by atoms with van der Waals surface area (Å²) in [5.41, 5.74) is 1.91. The van der Waals surface area contributed by atoms with Gasteiger partial charge in [-0.05, 0) is 32.4 Å². The van der Waals surface area contributed by atoms with E-state index in [0.717, 1.165) is 23.9 Å². The summed E-state index contributed by atoms with van der Waals surface area (Å²) in [6.45, 7) is 6.07. The fourth-order valence-electron chi connectivity index (χ4n) is 2.28. The van der Waals surface area contributed by atoms with Gasteiger partial charge in [0.15, 0.2) is 0 Å². The summed E-state index contributed by atoms with van der Waals surface area (Å²) in [6, 6.07) is 7.83. The van der Waals surface area contributed by atoms with E-state index in [1.54, 1.807) is 6.33 Å². The third kappa shape index (κ3) is 2.95. The van der Waals surface area contributed by atoms with Gasteiger partial charge in [-0.15, -0.1) is 0 Å². The third-order valence-corrected chi connectivity index (χ3v) is 3.39. The second-order valence-corrected chi connectivity index (χ2v) is 5.01. The van der Waals surface area contributed by atoms with Gasteiger partial charge in [0.25, 0.3) is 0 Å². The number of aromatic nitrogens is 2. The molecule has 1 amide bonds. The van der Waals surface area contributed by atoms with Crippen LogP contribution >= 0.6 is 0 Å². The van der Waals surface area contributed by atoms with Crippen LogP contribution in [-0.4, -0.2) is 21.5 Å². The monoisotopic (exact) mass is 259 g/mol. The lowest BCUT2D eigenvalue weighted by molar-refractivity contribution is -0.124. The molecule has 1 aromatic heterocycles. The Morgan fingerprint density at radius 1 is 1.37 bits per heavy atom. The quantitative estimate of drug-likeness (QED) is 0.897. The second kappa shape index (κ2) is 5.87. The van der Waals surface area contributed by atoms with Crippen LogP contribution in [0, 0.1) is 0 Å². The zero-order valence-corrected chi connectivity index (χ0v) is 11.8. The summed E-state index contributed by atoms with van der Waals surface area (Å²) in [5, 5.41) is 3.05. The largest absolute Gasteiger partial charge is 0.352 e. The molecule has 0 spiro atoms. The summed E-state index contributed by atoms with van der Waals surface area (Å²) in [6.07, 6.45) is 3.81. The van der Waals surface area contributed by atoms with Crippen LogP contribution in [0.15, 0.2) is 30.6 Å². The molecule has 1 heterocycles. The van der Waals surface area contributed by atoms with Crippen molar-refractivity contribution in [3.63, 3.8) is 0 Å². The number of benzene rings is 1. The Morgan fingerprint density at radius 3 is 2.84 bits per heavy atom. The van der Waals surface area contributed by atoms with Gasteiger partial charge in [-0.1, -0.05) is 25.5 Å². The highest BCUT2D eigenvalue weighted by atomic mass is 16.2. The number of nitrogens with one attached hydrogen (secondary N) is 1. The van der Waals surface area contributed by atoms with Crippen LogP contribution < -0.4 is 5.32 Å². The lowest BCUT2D eigenvalue weighted by Gasteiger charge is -2.18. The number of carbonyl (C=O) groups excluding carboxylic acids is 1. The Labute approximate surface area is 113 Å². The van der Waals surface area contributed by atoms with E-state index in [0.29, 0.717) is 0 Å². The highest BCUT2D eigenvalue weighted by Crippen LogP contribution is 2.17. The van der Waals surface area contributed by atoms with Crippen LogP contribution in [0.1, 0.15) is 39.7 Å². The van der Waals surface area contributed by atoms with Gasteiger partial charge < -0.3 is 9.88 Å². The molecule has 2 rings (SSSR count).